The number of nitrogens with one attached hydrogen (secondary N) is 1. The third kappa shape index (κ3) is 3.39. The van der Waals surface area contributed by atoms with Crippen molar-refractivity contribution in [3.63, 3.8) is 0 Å². The molecule has 2 atom stereocenters. The lowest BCUT2D eigenvalue weighted by molar-refractivity contribution is -0.385. The first-order valence-electron chi connectivity index (χ1n) is 6.37. The summed E-state index contributed by atoms with van der Waals surface area (Å²) < 4.78 is 26.0. The highest BCUT2D eigenvalue weighted by Gasteiger charge is 2.26. The summed E-state index contributed by atoms with van der Waals surface area (Å²) in [6.45, 7) is 0. The lowest BCUT2D eigenvalue weighted by Crippen LogP contribution is -2.17. The van der Waals surface area contributed by atoms with Crippen LogP contribution in [0.2, 0.25) is 0 Å². The predicted molar refractivity (Wildman–Crippen MR) is 76.6 cm³/mol. The Morgan fingerprint density at radius 2 is 2.20 bits per heavy atom. The van der Waals surface area contributed by atoms with Crippen molar-refractivity contribution in [2.75, 3.05) is 11.6 Å². The van der Waals surface area contributed by atoms with Crippen molar-refractivity contribution in [1.82, 2.24) is 0 Å². The third-order valence-corrected chi connectivity index (χ3v) is 4.65. The van der Waals surface area contributed by atoms with Gasteiger partial charge in [-0.3, -0.25) is 10.1 Å². The Balaban J connectivity index is 2.17. The van der Waals surface area contributed by atoms with E-state index in [1.165, 1.54) is 12.1 Å². The van der Waals surface area contributed by atoms with Crippen molar-refractivity contribution in [2.45, 2.75) is 37.0 Å². The smallest absolute Gasteiger partial charge is 0.270 e. The van der Waals surface area contributed by atoms with Gasteiger partial charge in [-0.1, -0.05) is 0 Å². The number of alkyl halides is 2. The van der Waals surface area contributed by atoms with Crippen LogP contribution in [0.25, 0.3) is 0 Å². The Labute approximate surface area is 120 Å². The van der Waals surface area contributed by atoms with Gasteiger partial charge in [-0.25, -0.2) is 8.78 Å². The maximum atomic E-state index is 13.0. The average Bonchev–Trinajstić information content (AvgIpc) is 2.86. The van der Waals surface area contributed by atoms with Gasteiger partial charge < -0.3 is 5.32 Å². The highest BCUT2D eigenvalue weighted by Crippen LogP contribution is 2.34. The fourth-order valence-corrected chi connectivity index (χ4v) is 3.28. The Morgan fingerprint density at radius 1 is 1.45 bits per heavy atom. The van der Waals surface area contributed by atoms with Crippen molar-refractivity contribution in [3.05, 3.63) is 33.9 Å². The van der Waals surface area contributed by atoms with Crippen molar-refractivity contribution >= 4 is 23.1 Å². The molecule has 7 heteroatoms. The van der Waals surface area contributed by atoms with Crippen LogP contribution >= 0.6 is 11.8 Å². The molecule has 1 aliphatic carbocycles. The van der Waals surface area contributed by atoms with Crippen molar-refractivity contribution in [1.29, 1.82) is 0 Å². The number of anilines is 1. The highest BCUT2D eigenvalue weighted by atomic mass is 32.2. The van der Waals surface area contributed by atoms with E-state index >= 15 is 0 Å². The number of hydrogen-bond donors (Lipinski definition) is 1. The first-order valence-corrected chi connectivity index (χ1v) is 7.66. The minimum atomic E-state index is -2.73. The zero-order valence-corrected chi connectivity index (χ0v) is 11.8. The fourth-order valence-electron chi connectivity index (χ4n) is 2.48. The molecule has 110 valence electrons. The second kappa shape index (κ2) is 6.39. The highest BCUT2D eigenvalue weighted by molar-refractivity contribution is 7.99. The number of thioether (sulfide) groups is 1. The van der Waals surface area contributed by atoms with Gasteiger partial charge in [-0.05, 0) is 31.6 Å². The van der Waals surface area contributed by atoms with Gasteiger partial charge in [0.05, 0.1) is 4.92 Å². The Hall–Kier alpha value is -1.37. The lowest BCUT2D eigenvalue weighted by atomic mass is 10.1. The van der Waals surface area contributed by atoms with Gasteiger partial charge >= 0.3 is 0 Å². The summed E-state index contributed by atoms with van der Waals surface area (Å²) >= 11 is 1.79. The number of nitro benzene ring substituents is 1. The molecule has 0 spiro atoms. The first kappa shape index (κ1) is 15.0. The van der Waals surface area contributed by atoms with Gasteiger partial charge in [0, 0.05) is 34.7 Å². The second-order valence-electron chi connectivity index (χ2n) is 4.84. The van der Waals surface area contributed by atoms with E-state index in [9.17, 15) is 18.9 Å². The van der Waals surface area contributed by atoms with E-state index in [1.54, 1.807) is 11.8 Å². The molecule has 1 aromatic carbocycles. The molecule has 1 saturated carbocycles. The van der Waals surface area contributed by atoms with E-state index in [4.69, 9.17) is 0 Å². The standard InChI is InChI=1S/C13H16F2N2O2S/c1-20-10-4-2-8(6-10)16-12-5-3-9(17(18)19)7-11(12)13(14)15/h3,5,7-8,10,13,16H,2,4,6H2,1H3. The topological polar surface area (TPSA) is 55.2 Å². The molecule has 2 unspecified atom stereocenters. The van der Waals surface area contributed by atoms with Crippen LogP contribution in [-0.4, -0.2) is 22.5 Å². The number of benzene rings is 1. The Morgan fingerprint density at radius 3 is 2.75 bits per heavy atom. The molecule has 0 aliphatic heterocycles. The number of nitro groups is 1. The van der Waals surface area contributed by atoms with Gasteiger partial charge in [-0.2, -0.15) is 11.8 Å². The molecule has 1 aromatic rings. The third-order valence-electron chi connectivity index (χ3n) is 3.56. The van der Waals surface area contributed by atoms with E-state index in [1.807, 2.05) is 6.26 Å². The van der Waals surface area contributed by atoms with Crippen LogP contribution in [0, 0.1) is 10.1 Å². The molecule has 0 amide bonds. The summed E-state index contributed by atoms with van der Waals surface area (Å²) in [4.78, 5) is 9.99. The van der Waals surface area contributed by atoms with Crippen LogP contribution in [-0.2, 0) is 0 Å². The minimum absolute atomic E-state index is 0.159. The predicted octanol–water partition coefficient (Wildman–Crippen LogP) is 4.23. The van der Waals surface area contributed by atoms with Crippen molar-refractivity contribution in [3.8, 4) is 0 Å². The number of hydrogen-bond acceptors (Lipinski definition) is 4. The lowest BCUT2D eigenvalue weighted by Gasteiger charge is -2.17. The van der Waals surface area contributed by atoms with Crippen LogP contribution in [0.4, 0.5) is 20.2 Å². The zero-order valence-electron chi connectivity index (χ0n) is 11.0. The molecule has 1 N–H and O–H groups in total. The molecular formula is C13H16F2N2O2S. The molecule has 1 fully saturated rings. The summed E-state index contributed by atoms with van der Waals surface area (Å²) in [6.07, 6.45) is 2.25. The number of rotatable bonds is 5. The molecule has 0 radical (unpaired) electrons. The summed E-state index contributed by atoms with van der Waals surface area (Å²) in [5.41, 5.74) is -0.302. The molecule has 2 rings (SSSR count). The molecule has 0 saturated heterocycles. The first-order chi connectivity index (χ1) is 9.51. The van der Waals surface area contributed by atoms with Gasteiger partial charge in [-0.15, -0.1) is 0 Å². The fraction of sp³-hybridized carbons (Fsp3) is 0.538. The van der Waals surface area contributed by atoms with Crippen LogP contribution < -0.4 is 5.32 Å². The monoisotopic (exact) mass is 302 g/mol. The summed E-state index contributed by atoms with van der Waals surface area (Å²) in [7, 11) is 0. The number of halogens is 2. The molecule has 20 heavy (non-hydrogen) atoms. The Kier molecular flexibility index (Phi) is 4.80. The van der Waals surface area contributed by atoms with Crippen LogP contribution in [0.1, 0.15) is 31.3 Å². The van der Waals surface area contributed by atoms with Crippen LogP contribution in [0.3, 0.4) is 0 Å². The van der Waals surface area contributed by atoms with Crippen molar-refractivity contribution in [2.24, 2.45) is 0 Å². The van der Waals surface area contributed by atoms with E-state index in [0.29, 0.717) is 10.9 Å². The Bertz CT molecular complexity index is 499. The van der Waals surface area contributed by atoms with Crippen LogP contribution in [0.15, 0.2) is 18.2 Å². The largest absolute Gasteiger partial charge is 0.382 e. The number of nitrogens with zero attached hydrogens (tertiary/aromatic N) is 1. The SMILES string of the molecule is CSC1CCC(Nc2ccc([N+](=O)[O-])cc2C(F)F)C1. The van der Waals surface area contributed by atoms with Gasteiger partial charge in [0.25, 0.3) is 12.1 Å². The van der Waals surface area contributed by atoms with Gasteiger partial charge in [0.1, 0.15) is 0 Å². The van der Waals surface area contributed by atoms with Crippen LogP contribution in [0.5, 0.6) is 0 Å². The molecule has 0 bridgehead atoms. The minimum Gasteiger partial charge on any atom is -0.382 e. The zero-order chi connectivity index (χ0) is 14.7. The normalized spacial score (nSPS) is 22.2. The molecule has 0 heterocycles. The van der Waals surface area contributed by atoms with Gasteiger partial charge in [0.15, 0.2) is 0 Å². The van der Waals surface area contributed by atoms with E-state index < -0.39 is 11.3 Å². The van der Waals surface area contributed by atoms with Gasteiger partial charge in [0.2, 0.25) is 0 Å². The summed E-state index contributed by atoms with van der Waals surface area (Å²) in [5, 5.41) is 14.3. The quantitative estimate of drug-likeness (QED) is 0.653. The summed E-state index contributed by atoms with van der Waals surface area (Å²) in [6, 6.07) is 3.75. The molecule has 1 aliphatic rings. The molecule has 4 nitrogen and oxygen atoms in total. The van der Waals surface area contributed by atoms with E-state index in [0.717, 1.165) is 25.3 Å². The van der Waals surface area contributed by atoms with E-state index in [2.05, 4.69) is 5.32 Å². The average molecular weight is 302 g/mol. The van der Waals surface area contributed by atoms with Crippen molar-refractivity contribution < 1.29 is 13.7 Å². The maximum Gasteiger partial charge on any atom is 0.270 e. The maximum absolute atomic E-state index is 13.0. The number of non-ortho nitro benzene ring substituents is 1. The molecular weight excluding hydrogens is 286 g/mol. The molecule has 0 aromatic heterocycles. The van der Waals surface area contributed by atoms with E-state index in [-0.39, 0.29) is 17.3 Å². The summed E-state index contributed by atoms with van der Waals surface area (Å²) in [5.74, 6) is 0. The second-order valence-corrected chi connectivity index (χ2v) is 5.98.